The summed E-state index contributed by atoms with van der Waals surface area (Å²) in [4.78, 5) is 31.5. The van der Waals surface area contributed by atoms with E-state index < -0.39 is 27.1 Å². The molecule has 1 amide bonds. The monoisotopic (exact) mass is 331 g/mol. The van der Waals surface area contributed by atoms with Crippen LogP contribution in [0.25, 0.3) is 0 Å². The van der Waals surface area contributed by atoms with Crippen LogP contribution >= 0.6 is 15.9 Å². The Balaban J connectivity index is 3.02. The Morgan fingerprint density at radius 1 is 1.16 bits per heavy atom. The van der Waals surface area contributed by atoms with E-state index in [2.05, 4.69) is 21.2 Å². The van der Waals surface area contributed by atoms with Crippen LogP contribution in [0, 0.1) is 20.2 Å². The number of non-ortho nitro benzene ring substituents is 2. The average Bonchev–Trinajstić information content (AvgIpc) is 2.38. The summed E-state index contributed by atoms with van der Waals surface area (Å²) in [5.74, 6) is -0.576. The van der Waals surface area contributed by atoms with Crippen molar-refractivity contribution in [2.45, 2.75) is 6.42 Å². The largest absolute Gasteiger partial charge is 0.352 e. The lowest BCUT2D eigenvalue weighted by molar-refractivity contribution is -0.394. The highest BCUT2D eigenvalue weighted by Gasteiger charge is 2.19. The number of amides is 1. The van der Waals surface area contributed by atoms with Crippen LogP contribution in [0.2, 0.25) is 0 Å². The highest BCUT2D eigenvalue weighted by Crippen LogP contribution is 2.22. The summed E-state index contributed by atoms with van der Waals surface area (Å²) in [6.07, 6.45) is 0.683. The second-order valence-electron chi connectivity index (χ2n) is 3.55. The molecule has 0 saturated carbocycles. The summed E-state index contributed by atoms with van der Waals surface area (Å²) in [5.41, 5.74) is -1.07. The number of halogens is 1. The molecule has 0 atom stereocenters. The van der Waals surface area contributed by atoms with Gasteiger partial charge in [0.2, 0.25) is 0 Å². The number of rotatable bonds is 6. The van der Waals surface area contributed by atoms with Gasteiger partial charge in [0, 0.05) is 24.0 Å². The number of carbonyl (C=O) groups excluding carboxylic acids is 1. The predicted molar refractivity (Wildman–Crippen MR) is 70.5 cm³/mol. The van der Waals surface area contributed by atoms with E-state index in [-0.39, 0.29) is 5.56 Å². The Morgan fingerprint density at radius 2 is 1.68 bits per heavy atom. The van der Waals surface area contributed by atoms with Gasteiger partial charge in [-0.2, -0.15) is 0 Å². The standard InChI is InChI=1S/C10H10BrN3O5/c11-2-1-3-12-10(15)7-4-8(13(16)17)6-9(5-7)14(18)19/h4-6H,1-3H2,(H,12,15). The van der Waals surface area contributed by atoms with Gasteiger partial charge in [-0.05, 0) is 6.42 Å². The molecule has 9 heteroatoms. The summed E-state index contributed by atoms with van der Waals surface area (Å²) in [5, 5.41) is 24.5. The number of carbonyl (C=O) groups is 1. The van der Waals surface area contributed by atoms with Crippen LogP contribution in [-0.4, -0.2) is 27.6 Å². The normalized spacial score (nSPS) is 9.95. The number of hydrogen-bond acceptors (Lipinski definition) is 5. The van der Waals surface area contributed by atoms with Crippen molar-refractivity contribution in [3.8, 4) is 0 Å². The Kier molecular flexibility index (Phi) is 5.37. The summed E-state index contributed by atoms with van der Waals surface area (Å²) in [6.45, 7) is 0.376. The Labute approximate surface area is 116 Å². The minimum atomic E-state index is -0.776. The molecule has 0 fully saturated rings. The quantitative estimate of drug-likeness (QED) is 0.370. The van der Waals surface area contributed by atoms with Crippen molar-refractivity contribution in [2.24, 2.45) is 0 Å². The van der Waals surface area contributed by atoms with Gasteiger partial charge in [0.15, 0.2) is 0 Å². The maximum atomic E-state index is 11.7. The summed E-state index contributed by atoms with van der Waals surface area (Å²) in [6, 6.07) is 2.84. The highest BCUT2D eigenvalue weighted by molar-refractivity contribution is 9.09. The third kappa shape index (κ3) is 4.28. The molecule has 0 aliphatic rings. The second-order valence-corrected chi connectivity index (χ2v) is 4.34. The molecule has 0 bridgehead atoms. The third-order valence-corrected chi connectivity index (χ3v) is 2.74. The SMILES string of the molecule is O=C(NCCCBr)c1cc([N+](=O)[O-])cc([N+](=O)[O-])c1. The fourth-order valence-electron chi connectivity index (χ4n) is 1.31. The highest BCUT2D eigenvalue weighted by atomic mass is 79.9. The molecule has 1 aromatic carbocycles. The zero-order chi connectivity index (χ0) is 14.4. The molecule has 0 unspecified atom stereocenters. The number of nitro benzene ring substituents is 2. The Hall–Kier alpha value is -2.03. The lowest BCUT2D eigenvalue weighted by atomic mass is 10.1. The molecule has 1 aromatic rings. The molecule has 0 heterocycles. The lowest BCUT2D eigenvalue weighted by Crippen LogP contribution is -2.24. The van der Waals surface area contributed by atoms with E-state index in [4.69, 9.17) is 0 Å². The number of hydrogen-bond donors (Lipinski definition) is 1. The van der Waals surface area contributed by atoms with Crippen LogP contribution in [-0.2, 0) is 0 Å². The number of benzene rings is 1. The molecule has 0 aliphatic heterocycles. The van der Waals surface area contributed by atoms with Crippen LogP contribution in [0.3, 0.4) is 0 Å². The van der Waals surface area contributed by atoms with Gasteiger partial charge in [0.05, 0.1) is 21.5 Å². The first kappa shape index (κ1) is 15.0. The van der Waals surface area contributed by atoms with Crippen molar-refractivity contribution in [1.82, 2.24) is 5.32 Å². The lowest BCUT2D eigenvalue weighted by Gasteiger charge is -2.04. The predicted octanol–water partition coefficient (Wildman–Crippen LogP) is 2.02. The molecule has 102 valence electrons. The number of alkyl halides is 1. The fourth-order valence-corrected chi connectivity index (χ4v) is 1.59. The van der Waals surface area contributed by atoms with Gasteiger partial charge >= 0.3 is 0 Å². The second kappa shape index (κ2) is 6.78. The third-order valence-electron chi connectivity index (χ3n) is 2.18. The Morgan fingerprint density at radius 3 is 2.11 bits per heavy atom. The maximum Gasteiger partial charge on any atom is 0.277 e. The summed E-state index contributed by atoms with van der Waals surface area (Å²) >= 11 is 3.19. The van der Waals surface area contributed by atoms with Gasteiger partial charge in [0.1, 0.15) is 0 Å². The van der Waals surface area contributed by atoms with E-state index in [1.807, 2.05) is 0 Å². The zero-order valence-corrected chi connectivity index (χ0v) is 11.3. The molecule has 1 rings (SSSR count). The molecular formula is C10H10BrN3O5. The number of nitro groups is 2. The topological polar surface area (TPSA) is 115 Å². The molecule has 19 heavy (non-hydrogen) atoms. The molecule has 0 aromatic heterocycles. The molecule has 8 nitrogen and oxygen atoms in total. The van der Waals surface area contributed by atoms with E-state index in [1.54, 1.807) is 0 Å². The van der Waals surface area contributed by atoms with Crippen LogP contribution in [0.4, 0.5) is 11.4 Å². The fraction of sp³-hybridized carbons (Fsp3) is 0.300. The first-order valence-corrected chi connectivity index (χ1v) is 6.36. The zero-order valence-electron chi connectivity index (χ0n) is 9.67. The average molecular weight is 332 g/mol. The van der Waals surface area contributed by atoms with Crippen LogP contribution in [0.5, 0.6) is 0 Å². The maximum absolute atomic E-state index is 11.7. The molecular weight excluding hydrogens is 322 g/mol. The number of nitrogens with one attached hydrogen (secondary N) is 1. The smallest absolute Gasteiger partial charge is 0.277 e. The Bertz CT molecular complexity index is 488. The summed E-state index contributed by atoms with van der Waals surface area (Å²) in [7, 11) is 0. The van der Waals surface area contributed by atoms with Crippen molar-refractivity contribution in [1.29, 1.82) is 0 Å². The van der Waals surface area contributed by atoms with E-state index in [0.29, 0.717) is 18.3 Å². The molecule has 0 radical (unpaired) electrons. The van der Waals surface area contributed by atoms with Crippen molar-refractivity contribution in [3.63, 3.8) is 0 Å². The molecule has 1 N–H and O–H groups in total. The van der Waals surface area contributed by atoms with Gasteiger partial charge in [-0.1, -0.05) is 15.9 Å². The van der Waals surface area contributed by atoms with Crippen molar-refractivity contribution >= 4 is 33.2 Å². The van der Waals surface area contributed by atoms with E-state index in [9.17, 15) is 25.0 Å². The first-order chi connectivity index (χ1) is 8.95. The number of nitrogens with zero attached hydrogens (tertiary/aromatic N) is 2. The van der Waals surface area contributed by atoms with Gasteiger partial charge in [-0.3, -0.25) is 25.0 Å². The van der Waals surface area contributed by atoms with Crippen LogP contribution in [0.1, 0.15) is 16.8 Å². The summed E-state index contributed by atoms with van der Waals surface area (Å²) < 4.78 is 0. The molecule has 0 spiro atoms. The first-order valence-electron chi connectivity index (χ1n) is 5.23. The van der Waals surface area contributed by atoms with Crippen LogP contribution < -0.4 is 5.32 Å². The minimum absolute atomic E-state index is 0.101. The van der Waals surface area contributed by atoms with E-state index in [1.165, 1.54) is 0 Å². The van der Waals surface area contributed by atoms with Crippen molar-refractivity contribution in [3.05, 3.63) is 44.0 Å². The van der Waals surface area contributed by atoms with Crippen molar-refractivity contribution < 1.29 is 14.6 Å². The van der Waals surface area contributed by atoms with E-state index in [0.717, 1.165) is 18.2 Å². The van der Waals surface area contributed by atoms with Gasteiger partial charge < -0.3 is 5.32 Å². The minimum Gasteiger partial charge on any atom is -0.352 e. The van der Waals surface area contributed by atoms with Gasteiger partial charge in [-0.15, -0.1) is 0 Å². The van der Waals surface area contributed by atoms with E-state index >= 15 is 0 Å². The van der Waals surface area contributed by atoms with Gasteiger partial charge in [0.25, 0.3) is 17.3 Å². The molecule has 0 aliphatic carbocycles. The van der Waals surface area contributed by atoms with Crippen LogP contribution in [0.15, 0.2) is 18.2 Å². The van der Waals surface area contributed by atoms with Gasteiger partial charge in [-0.25, -0.2) is 0 Å². The molecule has 0 saturated heterocycles. The van der Waals surface area contributed by atoms with Crippen molar-refractivity contribution in [2.75, 3.05) is 11.9 Å².